The molecular weight excluding hydrogens is 318 g/mol. The summed E-state index contributed by atoms with van der Waals surface area (Å²) in [5, 5.41) is 7.70. The van der Waals surface area contributed by atoms with Gasteiger partial charge in [0.1, 0.15) is 11.8 Å². The second kappa shape index (κ2) is 5.98. The molecule has 3 heterocycles. The van der Waals surface area contributed by atoms with E-state index in [0.29, 0.717) is 36.2 Å². The maximum absolute atomic E-state index is 12.5. The summed E-state index contributed by atoms with van der Waals surface area (Å²) in [6.07, 6.45) is 1.29. The van der Waals surface area contributed by atoms with E-state index in [1.54, 1.807) is 17.2 Å². The zero-order valence-electron chi connectivity index (χ0n) is 13.4. The third kappa shape index (κ3) is 3.40. The average molecular weight is 338 g/mol. The molecule has 23 heavy (non-hydrogen) atoms. The van der Waals surface area contributed by atoms with Crippen LogP contribution in [0.3, 0.4) is 0 Å². The highest BCUT2D eigenvalue weighted by Crippen LogP contribution is 2.24. The Hall–Kier alpha value is -1.86. The van der Waals surface area contributed by atoms with Crippen LogP contribution in [0, 0.1) is 0 Å². The number of H-pyrrole nitrogens is 2. The number of aromatic nitrogens is 4. The van der Waals surface area contributed by atoms with Crippen molar-refractivity contribution in [3.63, 3.8) is 0 Å². The molecule has 1 saturated heterocycles. The van der Waals surface area contributed by atoms with E-state index in [4.69, 9.17) is 16.3 Å². The van der Waals surface area contributed by atoms with Crippen molar-refractivity contribution in [2.75, 3.05) is 19.7 Å². The fourth-order valence-corrected chi connectivity index (χ4v) is 2.58. The molecule has 7 nitrogen and oxygen atoms in total. The summed E-state index contributed by atoms with van der Waals surface area (Å²) in [6.45, 7) is 7.56. The van der Waals surface area contributed by atoms with Gasteiger partial charge in [-0.1, -0.05) is 32.4 Å². The average Bonchev–Trinajstić information content (AvgIpc) is 3.15. The molecule has 2 aromatic rings. The highest BCUT2D eigenvalue weighted by Gasteiger charge is 2.30. The van der Waals surface area contributed by atoms with E-state index < -0.39 is 0 Å². The Balaban J connectivity index is 1.73. The fourth-order valence-electron chi connectivity index (χ4n) is 2.41. The van der Waals surface area contributed by atoms with Crippen molar-refractivity contribution in [2.45, 2.75) is 32.3 Å². The van der Waals surface area contributed by atoms with Gasteiger partial charge in [0.2, 0.25) is 0 Å². The van der Waals surface area contributed by atoms with E-state index in [0.717, 1.165) is 5.82 Å². The first kappa shape index (κ1) is 16.0. The highest BCUT2D eigenvalue weighted by atomic mass is 35.5. The van der Waals surface area contributed by atoms with Gasteiger partial charge in [0.25, 0.3) is 5.91 Å². The highest BCUT2D eigenvalue weighted by molar-refractivity contribution is 6.30. The monoisotopic (exact) mass is 337 g/mol. The van der Waals surface area contributed by atoms with Crippen LogP contribution in [0.2, 0.25) is 5.02 Å². The number of carbonyl (C=O) groups excluding carboxylic acids is 1. The second-order valence-electron chi connectivity index (χ2n) is 6.64. The number of hydrogen-bond acceptors (Lipinski definition) is 4. The standard InChI is InChI=1S/C15H20ClN5O2/c1-15(2,3)14-18-12(19-20-14)11-8-21(4-5-23-11)13(22)10-6-9(16)7-17-10/h6-7,11,17H,4-5,8H2,1-3H3,(H,18,19,20)/t11-/m1/s1. The van der Waals surface area contributed by atoms with Gasteiger partial charge in [-0.25, -0.2) is 4.98 Å². The van der Waals surface area contributed by atoms with Crippen LogP contribution >= 0.6 is 11.6 Å². The molecule has 0 bridgehead atoms. The number of amides is 1. The second-order valence-corrected chi connectivity index (χ2v) is 7.07. The predicted octanol–water partition coefficient (Wildman–Crippen LogP) is 2.30. The number of nitrogens with zero attached hydrogens (tertiary/aromatic N) is 3. The molecule has 0 spiro atoms. The lowest BCUT2D eigenvalue weighted by Crippen LogP contribution is -2.42. The van der Waals surface area contributed by atoms with Gasteiger partial charge < -0.3 is 14.6 Å². The molecule has 1 amide bonds. The minimum atomic E-state index is -0.304. The quantitative estimate of drug-likeness (QED) is 0.880. The van der Waals surface area contributed by atoms with Gasteiger partial charge in [0.05, 0.1) is 18.2 Å². The molecule has 0 unspecified atom stereocenters. The maximum atomic E-state index is 12.5. The summed E-state index contributed by atoms with van der Waals surface area (Å²) < 4.78 is 5.75. The molecule has 8 heteroatoms. The normalized spacial score (nSPS) is 19.1. The van der Waals surface area contributed by atoms with E-state index >= 15 is 0 Å². The third-order valence-electron chi connectivity index (χ3n) is 3.71. The lowest BCUT2D eigenvalue weighted by Gasteiger charge is -2.31. The summed E-state index contributed by atoms with van der Waals surface area (Å²) in [5.41, 5.74) is 0.337. The number of rotatable bonds is 2. The van der Waals surface area contributed by atoms with Gasteiger partial charge >= 0.3 is 0 Å². The van der Waals surface area contributed by atoms with E-state index in [2.05, 4.69) is 20.2 Å². The molecule has 2 N–H and O–H groups in total. The maximum Gasteiger partial charge on any atom is 0.270 e. The zero-order valence-corrected chi connectivity index (χ0v) is 14.1. The molecule has 3 rings (SSSR count). The summed E-state index contributed by atoms with van der Waals surface area (Å²) in [7, 11) is 0. The Morgan fingerprint density at radius 3 is 2.87 bits per heavy atom. The molecule has 1 aliphatic heterocycles. The summed E-state index contributed by atoms with van der Waals surface area (Å²) in [5.74, 6) is 1.29. The molecule has 1 atom stereocenters. The van der Waals surface area contributed by atoms with Crippen molar-refractivity contribution in [1.29, 1.82) is 0 Å². The van der Waals surface area contributed by atoms with Gasteiger partial charge in [-0.3, -0.25) is 9.89 Å². The Kier molecular flexibility index (Phi) is 4.16. The van der Waals surface area contributed by atoms with Crippen LogP contribution in [-0.4, -0.2) is 50.7 Å². The SMILES string of the molecule is CC(C)(C)c1n[nH]c([C@H]2CN(C(=O)c3cc(Cl)c[nH]3)CCO2)n1. The Morgan fingerprint density at radius 1 is 1.48 bits per heavy atom. The largest absolute Gasteiger partial charge is 0.367 e. The van der Waals surface area contributed by atoms with Crippen LogP contribution in [0.25, 0.3) is 0 Å². The van der Waals surface area contributed by atoms with Gasteiger partial charge in [0, 0.05) is 18.2 Å². The molecule has 1 fully saturated rings. The number of aromatic amines is 2. The van der Waals surface area contributed by atoms with Crippen LogP contribution in [0.15, 0.2) is 12.3 Å². The van der Waals surface area contributed by atoms with Crippen molar-refractivity contribution in [3.8, 4) is 0 Å². The van der Waals surface area contributed by atoms with E-state index in [1.807, 2.05) is 20.8 Å². The number of morpholine rings is 1. The van der Waals surface area contributed by atoms with Gasteiger partial charge in [0.15, 0.2) is 11.6 Å². The molecular formula is C15H20ClN5O2. The Labute approximate surface area is 139 Å². The summed E-state index contributed by atoms with van der Waals surface area (Å²) in [6, 6.07) is 1.63. The van der Waals surface area contributed by atoms with Crippen molar-refractivity contribution in [2.24, 2.45) is 0 Å². The minimum absolute atomic E-state index is 0.0965. The van der Waals surface area contributed by atoms with Crippen LogP contribution < -0.4 is 0 Å². The van der Waals surface area contributed by atoms with Crippen LogP contribution in [0.5, 0.6) is 0 Å². The smallest absolute Gasteiger partial charge is 0.270 e. The topological polar surface area (TPSA) is 86.9 Å². The fraction of sp³-hybridized carbons (Fsp3) is 0.533. The van der Waals surface area contributed by atoms with Crippen LogP contribution in [0.1, 0.15) is 49.0 Å². The van der Waals surface area contributed by atoms with Crippen molar-refractivity contribution >= 4 is 17.5 Å². The first-order valence-electron chi connectivity index (χ1n) is 7.52. The summed E-state index contributed by atoms with van der Waals surface area (Å²) in [4.78, 5) is 21.6. The first-order chi connectivity index (χ1) is 10.8. The Bertz CT molecular complexity index is 703. The number of ether oxygens (including phenoxy) is 1. The summed E-state index contributed by atoms with van der Waals surface area (Å²) >= 11 is 5.86. The van der Waals surface area contributed by atoms with Crippen LogP contribution in [-0.2, 0) is 10.2 Å². The lowest BCUT2D eigenvalue weighted by molar-refractivity contribution is -0.0268. The van der Waals surface area contributed by atoms with Crippen molar-refractivity contribution < 1.29 is 9.53 Å². The molecule has 2 aromatic heterocycles. The van der Waals surface area contributed by atoms with Crippen LogP contribution in [0.4, 0.5) is 0 Å². The first-order valence-corrected chi connectivity index (χ1v) is 7.90. The van der Waals surface area contributed by atoms with Crippen molar-refractivity contribution in [1.82, 2.24) is 25.1 Å². The van der Waals surface area contributed by atoms with Gasteiger partial charge in [-0.15, -0.1) is 0 Å². The van der Waals surface area contributed by atoms with E-state index in [9.17, 15) is 4.79 Å². The number of nitrogens with one attached hydrogen (secondary N) is 2. The van der Waals surface area contributed by atoms with E-state index in [-0.39, 0.29) is 17.4 Å². The molecule has 1 aliphatic rings. The number of carbonyl (C=O) groups is 1. The van der Waals surface area contributed by atoms with Gasteiger partial charge in [-0.05, 0) is 6.07 Å². The third-order valence-corrected chi connectivity index (χ3v) is 3.93. The van der Waals surface area contributed by atoms with Gasteiger partial charge in [-0.2, -0.15) is 5.10 Å². The Morgan fingerprint density at radius 2 is 2.26 bits per heavy atom. The number of hydrogen-bond donors (Lipinski definition) is 2. The molecule has 0 radical (unpaired) electrons. The predicted molar refractivity (Wildman–Crippen MR) is 85.5 cm³/mol. The van der Waals surface area contributed by atoms with E-state index in [1.165, 1.54) is 0 Å². The molecule has 0 aliphatic carbocycles. The molecule has 0 saturated carbocycles. The molecule has 124 valence electrons. The lowest BCUT2D eigenvalue weighted by atomic mass is 9.96. The van der Waals surface area contributed by atoms with Crippen molar-refractivity contribution in [3.05, 3.63) is 34.6 Å². The molecule has 0 aromatic carbocycles. The minimum Gasteiger partial charge on any atom is -0.367 e. The zero-order chi connectivity index (χ0) is 16.6. The number of halogens is 1.